The van der Waals surface area contributed by atoms with Crippen LogP contribution < -0.4 is 5.32 Å². The van der Waals surface area contributed by atoms with Crippen molar-refractivity contribution in [2.45, 2.75) is 13.0 Å². The summed E-state index contributed by atoms with van der Waals surface area (Å²) in [5, 5.41) is 11.1. The van der Waals surface area contributed by atoms with E-state index in [1.165, 1.54) is 0 Å². The SMILES string of the molecule is CCNC(c1ccc(Br)o1)c1cnnn1C. The average Bonchev–Trinajstić information content (AvgIpc) is 2.84. The lowest BCUT2D eigenvalue weighted by Gasteiger charge is -2.14. The van der Waals surface area contributed by atoms with E-state index in [1.807, 2.05) is 19.2 Å². The molecule has 0 aliphatic carbocycles. The first-order valence-corrected chi connectivity index (χ1v) is 5.85. The smallest absolute Gasteiger partial charge is 0.169 e. The fraction of sp³-hybridized carbons (Fsp3) is 0.400. The zero-order valence-corrected chi connectivity index (χ0v) is 10.7. The van der Waals surface area contributed by atoms with Crippen molar-refractivity contribution in [3.8, 4) is 0 Å². The van der Waals surface area contributed by atoms with Crippen LogP contribution in [0.25, 0.3) is 0 Å². The van der Waals surface area contributed by atoms with Gasteiger partial charge in [0, 0.05) is 7.05 Å². The van der Waals surface area contributed by atoms with Crippen LogP contribution in [0.15, 0.2) is 27.4 Å². The van der Waals surface area contributed by atoms with Crippen LogP contribution in [0.3, 0.4) is 0 Å². The van der Waals surface area contributed by atoms with E-state index >= 15 is 0 Å². The van der Waals surface area contributed by atoms with Gasteiger partial charge in [0.05, 0.1) is 11.9 Å². The average molecular weight is 285 g/mol. The van der Waals surface area contributed by atoms with Crippen molar-refractivity contribution >= 4 is 15.9 Å². The molecule has 0 aromatic carbocycles. The molecule has 6 heteroatoms. The van der Waals surface area contributed by atoms with Gasteiger partial charge in [0.15, 0.2) is 4.67 Å². The Morgan fingerprint density at radius 1 is 1.56 bits per heavy atom. The van der Waals surface area contributed by atoms with Crippen LogP contribution in [0.2, 0.25) is 0 Å². The van der Waals surface area contributed by atoms with Gasteiger partial charge in [-0.05, 0) is 34.6 Å². The van der Waals surface area contributed by atoms with E-state index in [-0.39, 0.29) is 6.04 Å². The number of rotatable bonds is 4. The van der Waals surface area contributed by atoms with Crippen LogP contribution in [0, 0.1) is 0 Å². The molecule has 2 rings (SSSR count). The highest BCUT2D eigenvalue weighted by molar-refractivity contribution is 9.10. The third-order valence-corrected chi connectivity index (χ3v) is 2.76. The highest BCUT2D eigenvalue weighted by Gasteiger charge is 2.20. The normalized spacial score (nSPS) is 12.9. The maximum absolute atomic E-state index is 5.56. The first-order valence-electron chi connectivity index (χ1n) is 5.05. The van der Waals surface area contributed by atoms with Gasteiger partial charge in [-0.25, -0.2) is 0 Å². The Morgan fingerprint density at radius 3 is 2.88 bits per heavy atom. The van der Waals surface area contributed by atoms with E-state index in [9.17, 15) is 0 Å². The molecule has 0 fully saturated rings. The maximum atomic E-state index is 5.56. The fourth-order valence-corrected chi connectivity index (χ4v) is 1.92. The Balaban J connectivity index is 2.34. The number of nitrogens with one attached hydrogen (secondary N) is 1. The lowest BCUT2D eigenvalue weighted by Crippen LogP contribution is -2.23. The van der Waals surface area contributed by atoms with Crippen molar-refractivity contribution in [2.75, 3.05) is 6.54 Å². The van der Waals surface area contributed by atoms with Gasteiger partial charge in [-0.2, -0.15) is 0 Å². The second-order valence-electron chi connectivity index (χ2n) is 3.42. The van der Waals surface area contributed by atoms with E-state index in [4.69, 9.17) is 4.42 Å². The Bertz CT molecular complexity index is 465. The van der Waals surface area contributed by atoms with E-state index in [0.29, 0.717) is 0 Å². The summed E-state index contributed by atoms with van der Waals surface area (Å²) in [5.41, 5.74) is 0.976. The lowest BCUT2D eigenvalue weighted by atomic mass is 10.1. The summed E-state index contributed by atoms with van der Waals surface area (Å²) >= 11 is 3.30. The molecule has 0 aliphatic rings. The van der Waals surface area contributed by atoms with E-state index < -0.39 is 0 Å². The van der Waals surface area contributed by atoms with Crippen molar-refractivity contribution in [1.29, 1.82) is 0 Å². The fourth-order valence-electron chi connectivity index (χ4n) is 1.60. The lowest BCUT2D eigenvalue weighted by molar-refractivity contribution is 0.425. The molecular formula is C10H13BrN4O. The Morgan fingerprint density at radius 2 is 2.38 bits per heavy atom. The van der Waals surface area contributed by atoms with Gasteiger partial charge >= 0.3 is 0 Å². The van der Waals surface area contributed by atoms with Crippen LogP contribution in [0.4, 0.5) is 0 Å². The molecule has 0 spiro atoms. The molecule has 1 unspecified atom stereocenters. The van der Waals surface area contributed by atoms with Crippen LogP contribution in [-0.4, -0.2) is 21.5 Å². The summed E-state index contributed by atoms with van der Waals surface area (Å²) < 4.78 is 8.02. The van der Waals surface area contributed by atoms with Crippen LogP contribution in [0.5, 0.6) is 0 Å². The largest absolute Gasteiger partial charge is 0.452 e. The zero-order valence-electron chi connectivity index (χ0n) is 9.14. The van der Waals surface area contributed by atoms with Gasteiger partial charge in [-0.3, -0.25) is 4.68 Å². The van der Waals surface area contributed by atoms with E-state index in [2.05, 4.69) is 38.5 Å². The Labute approximate surface area is 102 Å². The summed E-state index contributed by atoms with van der Waals surface area (Å²) in [5.74, 6) is 0.846. The van der Waals surface area contributed by atoms with Crippen LogP contribution in [-0.2, 0) is 7.05 Å². The highest BCUT2D eigenvalue weighted by Crippen LogP contribution is 2.25. The molecule has 2 aromatic rings. The Hall–Kier alpha value is -1.14. The first-order chi connectivity index (χ1) is 7.72. The molecule has 0 saturated carbocycles. The molecule has 1 N–H and O–H groups in total. The van der Waals surface area contributed by atoms with Crippen molar-refractivity contribution < 1.29 is 4.42 Å². The molecule has 0 saturated heterocycles. The highest BCUT2D eigenvalue weighted by atomic mass is 79.9. The summed E-state index contributed by atoms with van der Waals surface area (Å²) in [6, 6.07) is 3.80. The van der Waals surface area contributed by atoms with Crippen molar-refractivity contribution in [3.63, 3.8) is 0 Å². The third-order valence-electron chi connectivity index (χ3n) is 2.33. The summed E-state index contributed by atoms with van der Waals surface area (Å²) in [7, 11) is 1.87. The van der Waals surface area contributed by atoms with E-state index in [0.717, 1.165) is 22.7 Å². The Kier molecular flexibility index (Phi) is 3.40. The topological polar surface area (TPSA) is 55.9 Å². The molecule has 0 radical (unpaired) electrons. The standard InChI is InChI=1S/C10H13BrN4O/c1-3-12-10(7-6-13-14-15(7)2)8-4-5-9(11)16-8/h4-6,10,12H,3H2,1-2H3. The molecule has 2 heterocycles. The second-order valence-corrected chi connectivity index (χ2v) is 4.20. The van der Waals surface area contributed by atoms with Crippen molar-refractivity contribution in [3.05, 3.63) is 34.5 Å². The van der Waals surface area contributed by atoms with Crippen molar-refractivity contribution in [2.24, 2.45) is 7.05 Å². The summed E-state index contributed by atoms with van der Waals surface area (Å²) in [4.78, 5) is 0. The van der Waals surface area contributed by atoms with Gasteiger partial charge in [-0.15, -0.1) is 5.10 Å². The second kappa shape index (κ2) is 4.80. The predicted molar refractivity (Wildman–Crippen MR) is 62.9 cm³/mol. The van der Waals surface area contributed by atoms with Crippen LogP contribution >= 0.6 is 15.9 Å². The number of furan rings is 1. The number of aromatic nitrogens is 3. The molecule has 0 bridgehead atoms. The minimum atomic E-state index is -0.0173. The molecule has 16 heavy (non-hydrogen) atoms. The van der Waals surface area contributed by atoms with Gasteiger partial charge in [0.25, 0.3) is 0 Å². The maximum Gasteiger partial charge on any atom is 0.169 e. The molecule has 5 nitrogen and oxygen atoms in total. The molecule has 0 aliphatic heterocycles. The van der Waals surface area contributed by atoms with Gasteiger partial charge in [0.2, 0.25) is 0 Å². The molecular weight excluding hydrogens is 272 g/mol. The molecule has 0 amide bonds. The minimum Gasteiger partial charge on any atom is -0.452 e. The van der Waals surface area contributed by atoms with Gasteiger partial charge in [0.1, 0.15) is 11.8 Å². The first kappa shape index (κ1) is 11.3. The number of hydrogen-bond acceptors (Lipinski definition) is 4. The third kappa shape index (κ3) is 2.17. The van der Waals surface area contributed by atoms with Crippen molar-refractivity contribution in [1.82, 2.24) is 20.3 Å². The number of aryl methyl sites for hydroxylation is 1. The van der Waals surface area contributed by atoms with Gasteiger partial charge in [-0.1, -0.05) is 12.1 Å². The summed E-state index contributed by atoms with van der Waals surface area (Å²) in [6.07, 6.45) is 1.74. The molecule has 86 valence electrons. The zero-order chi connectivity index (χ0) is 11.5. The van der Waals surface area contributed by atoms with Gasteiger partial charge < -0.3 is 9.73 Å². The number of hydrogen-bond donors (Lipinski definition) is 1. The number of nitrogens with zero attached hydrogens (tertiary/aromatic N) is 3. The van der Waals surface area contributed by atoms with Crippen LogP contribution in [0.1, 0.15) is 24.4 Å². The molecule has 1 atom stereocenters. The quantitative estimate of drug-likeness (QED) is 0.931. The minimum absolute atomic E-state index is 0.0173. The molecule has 2 aromatic heterocycles. The monoisotopic (exact) mass is 284 g/mol. The van der Waals surface area contributed by atoms with E-state index in [1.54, 1.807) is 10.9 Å². The summed E-state index contributed by atoms with van der Waals surface area (Å²) in [6.45, 7) is 2.89. The number of halogens is 1. The predicted octanol–water partition coefficient (Wildman–Crippen LogP) is 1.87.